The molecular formula is C24H31FN2O3. The highest BCUT2D eigenvalue weighted by molar-refractivity contribution is 5.88. The molecule has 30 heavy (non-hydrogen) atoms. The smallest absolute Gasteiger partial charge is 0.261 e. The Morgan fingerprint density at radius 2 is 1.90 bits per heavy atom. The molecule has 0 aromatic heterocycles. The predicted octanol–water partition coefficient (Wildman–Crippen LogP) is 4.24. The lowest BCUT2D eigenvalue weighted by molar-refractivity contribution is -0.143. The molecule has 0 aliphatic heterocycles. The van der Waals surface area contributed by atoms with Gasteiger partial charge in [0.15, 0.2) is 18.2 Å². The Hall–Kier alpha value is -2.89. The zero-order chi connectivity index (χ0) is 21.9. The zero-order valence-electron chi connectivity index (χ0n) is 18.0. The van der Waals surface area contributed by atoms with Gasteiger partial charge in [0.05, 0.1) is 0 Å². The fourth-order valence-electron chi connectivity index (χ4n) is 3.22. The van der Waals surface area contributed by atoms with Crippen LogP contribution in [-0.2, 0) is 16.1 Å². The van der Waals surface area contributed by atoms with Crippen molar-refractivity contribution in [2.24, 2.45) is 0 Å². The average molecular weight is 415 g/mol. The number of halogens is 1. The quantitative estimate of drug-likeness (QED) is 0.560. The standard InChI is InChI=1S/C24H31FN2O3/c1-4-6-14-26-24(29)21(5-2)27(16-19-11-9-10-18(3)15-19)23(28)17-30-22-13-8-7-12-20(22)25/h7-13,15,21H,4-6,14,16-17H2,1-3H3,(H,26,29)/t21-/m0/s1. The van der Waals surface area contributed by atoms with Crippen molar-refractivity contribution in [2.75, 3.05) is 13.2 Å². The SMILES string of the molecule is CCCCNC(=O)[C@H](CC)N(Cc1cccc(C)c1)C(=O)COc1ccccc1F. The average Bonchev–Trinajstić information content (AvgIpc) is 2.73. The van der Waals surface area contributed by atoms with E-state index in [2.05, 4.69) is 12.2 Å². The van der Waals surface area contributed by atoms with Crippen molar-refractivity contribution < 1.29 is 18.7 Å². The normalized spacial score (nSPS) is 11.6. The van der Waals surface area contributed by atoms with E-state index < -0.39 is 11.9 Å². The molecule has 2 rings (SSSR count). The number of amides is 2. The van der Waals surface area contributed by atoms with Gasteiger partial charge in [-0.05, 0) is 37.5 Å². The number of nitrogens with one attached hydrogen (secondary N) is 1. The Kier molecular flexibility index (Phi) is 9.32. The number of ether oxygens (including phenoxy) is 1. The molecule has 0 saturated carbocycles. The maximum Gasteiger partial charge on any atom is 0.261 e. The molecule has 2 aromatic rings. The summed E-state index contributed by atoms with van der Waals surface area (Å²) in [5.41, 5.74) is 2.00. The van der Waals surface area contributed by atoms with E-state index in [-0.39, 0.29) is 30.7 Å². The second-order valence-electron chi connectivity index (χ2n) is 7.30. The number of carbonyl (C=O) groups is 2. The van der Waals surface area contributed by atoms with Crippen molar-refractivity contribution in [3.05, 3.63) is 65.5 Å². The molecule has 0 saturated heterocycles. The van der Waals surface area contributed by atoms with Gasteiger partial charge < -0.3 is 15.0 Å². The van der Waals surface area contributed by atoms with Crippen molar-refractivity contribution in [1.29, 1.82) is 0 Å². The summed E-state index contributed by atoms with van der Waals surface area (Å²) in [7, 11) is 0. The minimum absolute atomic E-state index is 0.0156. The van der Waals surface area contributed by atoms with Crippen LogP contribution in [0.4, 0.5) is 4.39 Å². The number of benzene rings is 2. The van der Waals surface area contributed by atoms with Crippen LogP contribution >= 0.6 is 0 Å². The number of carbonyl (C=O) groups excluding carboxylic acids is 2. The van der Waals surface area contributed by atoms with Crippen LogP contribution in [0.3, 0.4) is 0 Å². The molecule has 0 radical (unpaired) electrons. The minimum atomic E-state index is -0.626. The first-order valence-corrected chi connectivity index (χ1v) is 10.5. The van der Waals surface area contributed by atoms with E-state index in [0.29, 0.717) is 13.0 Å². The Balaban J connectivity index is 2.18. The van der Waals surface area contributed by atoms with Gasteiger partial charge in [0.25, 0.3) is 5.91 Å². The molecule has 2 amide bonds. The van der Waals surface area contributed by atoms with Crippen LogP contribution in [-0.4, -0.2) is 35.9 Å². The molecule has 0 unspecified atom stereocenters. The maximum absolute atomic E-state index is 13.8. The summed E-state index contributed by atoms with van der Waals surface area (Å²) in [6, 6.07) is 13.1. The highest BCUT2D eigenvalue weighted by Gasteiger charge is 2.29. The predicted molar refractivity (Wildman–Crippen MR) is 116 cm³/mol. The molecule has 162 valence electrons. The third kappa shape index (κ3) is 6.87. The van der Waals surface area contributed by atoms with Gasteiger partial charge in [-0.2, -0.15) is 0 Å². The molecule has 0 fully saturated rings. The lowest BCUT2D eigenvalue weighted by Crippen LogP contribution is -2.50. The van der Waals surface area contributed by atoms with E-state index in [9.17, 15) is 14.0 Å². The van der Waals surface area contributed by atoms with Gasteiger partial charge in [0, 0.05) is 13.1 Å². The summed E-state index contributed by atoms with van der Waals surface area (Å²) >= 11 is 0. The molecule has 2 aromatic carbocycles. The van der Waals surface area contributed by atoms with Gasteiger partial charge >= 0.3 is 0 Å². The van der Waals surface area contributed by atoms with E-state index in [4.69, 9.17) is 4.74 Å². The van der Waals surface area contributed by atoms with Gasteiger partial charge in [-0.25, -0.2) is 4.39 Å². The molecular weight excluding hydrogens is 383 g/mol. The van der Waals surface area contributed by atoms with Crippen LogP contribution in [0.15, 0.2) is 48.5 Å². The number of unbranched alkanes of at least 4 members (excludes halogenated alkanes) is 1. The van der Waals surface area contributed by atoms with Crippen LogP contribution in [0.5, 0.6) is 5.75 Å². The molecule has 0 aliphatic carbocycles. The molecule has 5 nitrogen and oxygen atoms in total. The summed E-state index contributed by atoms with van der Waals surface area (Å²) in [4.78, 5) is 27.3. The third-order valence-corrected chi connectivity index (χ3v) is 4.84. The highest BCUT2D eigenvalue weighted by Crippen LogP contribution is 2.17. The van der Waals surface area contributed by atoms with Crippen LogP contribution in [0.2, 0.25) is 0 Å². The van der Waals surface area contributed by atoms with Gasteiger partial charge in [0.2, 0.25) is 5.91 Å². The number of para-hydroxylation sites is 1. The van der Waals surface area contributed by atoms with Crippen molar-refractivity contribution in [3.8, 4) is 5.75 Å². The second kappa shape index (κ2) is 12.0. The van der Waals surface area contributed by atoms with Crippen molar-refractivity contribution >= 4 is 11.8 Å². The number of aryl methyl sites for hydroxylation is 1. The molecule has 0 bridgehead atoms. The van der Waals surface area contributed by atoms with E-state index in [1.807, 2.05) is 38.1 Å². The molecule has 6 heteroatoms. The van der Waals surface area contributed by atoms with Crippen molar-refractivity contribution in [1.82, 2.24) is 10.2 Å². The first-order chi connectivity index (χ1) is 14.5. The Morgan fingerprint density at radius 1 is 1.13 bits per heavy atom. The first-order valence-electron chi connectivity index (χ1n) is 10.5. The van der Waals surface area contributed by atoms with Crippen LogP contribution in [0.25, 0.3) is 0 Å². The molecule has 0 heterocycles. The molecule has 0 aliphatic rings. The third-order valence-electron chi connectivity index (χ3n) is 4.84. The summed E-state index contributed by atoms with van der Waals surface area (Å²) in [5, 5.41) is 2.92. The van der Waals surface area contributed by atoms with Crippen molar-refractivity contribution in [3.63, 3.8) is 0 Å². The number of nitrogens with zero attached hydrogens (tertiary/aromatic N) is 1. The fraction of sp³-hybridized carbons (Fsp3) is 0.417. The van der Waals surface area contributed by atoms with Gasteiger partial charge in [-0.3, -0.25) is 9.59 Å². The topological polar surface area (TPSA) is 58.6 Å². The molecule has 1 N–H and O–H groups in total. The Morgan fingerprint density at radius 3 is 2.57 bits per heavy atom. The van der Waals surface area contributed by atoms with Gasteiger partial charge in [-0.15, -0.1) is 0 Å². The zero-order valence-corrected chi connectivity index (χ0v) is 18.0. The number of rotatable bonds is 11. The largest absolute Gasteiger partial charge is 0.481 e. The van der Waals surface area contributed by atoms with E-state index in [1.54, 1.807) is 12.1 Å². The fourth-order valence-corrected chi connectivity index (χ4v) is 3.22. The molecule has 0 spiro atoms. The Labute approximate surface area is 178 Å². The number of hydrogen-bond acceptors (Lipinski definition) is 3. The summed E-state index contributed by atoms with van der Waals surface area (Å²) < 4.78 is 19.3. The summed E-state index contributed by atoms with van der Waals surface area (Å²) in [6.45, 7) is 6.41. The Bertz CT molecular complexity index is 841. The van der Waals surface area contributed by atoms with Gasteiger partial charge in [-0.1, -0.05) is 62.2 Å². The van der Waals surface area contributed by atoms with Crippen LogP contribution in [0.1, 0.15) is 44.2 Å². The van der Waals surface area contributed by atoms with Crippen LogP contribution < -0.4 is 10.1 Å². The highest BCUT2D eigenvalue weighted by atomic mass is 19.1. The van der Waals surface area contributed by atoms with E-state index in [0.717, 1.165) is 24.0 Å². The lowest BCUT2D eigenvalue weighted by Gasteiger charge is -2.30. The lowest BCUT2D eigenvalue weighted by atomic mass is 10.1. The number of hydrogen-bond donors (Lipinski definition) is 1. The second-order valence-corrected chi connectivity index (χ2v) is 7.30. The molecule has 1 atom stereocenters. The van der Waals surface area contributed by atoms with E-state index >= 15 is 0 Å². The van der Waals surface area contributed by atoms with Gasteiger partial charge in [0.1, 0.15) is 6.04 Å². The maximum atomic E-state index is 13.8. The summed E-state index contributed by atoms with van der Waals surface area (Å²) in [5.74, 6) is -1.06. The summed E-state index contributed by atoms with van der Waals surface area (Å²) in [6.07, 6.45) is 2.32. The van der Waals surface area contributed by atoms with Crippen LogP contribution in [0, 0.1) is 12.7 Å². The minimum Gasteiger partial charge on any atom is -0.481 e. The van der Waals surface area contributed by atoms with E-state index in [1.165, 1.54) is 17.0 Å². The van der Waals surface area contributed by atoms with Crippen molar-refractivity contribution in [2.45, 2.75) is 52.6 Å². The monoisotopic (exact) mass is 414 g/mol. The first kappa shape index (κ1) is 23.4.